The normalized spacial score (nSPS) is 28.8. The first-order chi connectivity index (χ1) is 10.0. The number of hydrogen-bond acceptors (Lipinski definition) is 4. The van der Waals surface area contributed by atoms with Gasteiger partial charge in [-0.2, -0.15) is 5.10 Å². The highest BCUT2D eigenvalue weighted by Crippen LogP contribution is 2.51. The fraction of sp³-hybridized carbons (Fsp3) is 0.812. The third-order valence-corrected chi connectivity index (χ3v) is 5.41. The van der Waals surface area contributed by atoms with Gasteiger partial charge < -0.3 is 9.84 Å². The van der Waals surface area contributed by atoms with E-state index in [-0.39, 0.29) is 17.6 Å². The van der Waals surface area contributed by atoms with Crippen molar-refractivity contribution in [1.82, 2.24) is 14.7 Å². The van der Waals surface area contributed by atoms with Crippen LogP contribution < -0.4 is 0 Å². The summed E-state index contributed by atoms with van der Waals surface area (Å²) >= 11 is 0. The molecule has 0 radical (unpaired) electrons. The number of aryl methyl sites for hydroxylation is 2. The van der Waals surface area contributed by atoms with Gasteiger partial charge in [0.15, 0.2) is 0 Å². The average Bonchev–Trinajstić information content (AvgIpc) is 2.77. The number of nitrogens with zero attached hydrogens (tertiary/aromatic N) is 3. The van der Waals surface area contributed by atoms with Gasteiger partial charge in [0.2, 0.25) is 0 Å². The first kappa shape index (κ1) is 15.0. The largest absolute Gasteiger partial charge is 0.392 e. The van der Waals surface area contributed by atoms with Gasteiger partial charge in [-0.05, 0) is 39.8 Å². The molecular weight excluding hydrogens is 266 g/mol. The van der Waals surface area contributed by atoms with E-state index in [9.17, 15) is 5.11 Å². The average molecular weight is 293 g/mol. The fourth-order valence-corrected chi connectivity index (χ4v) is 3.99. The van der Waals surface area contributed by atoms with E-state index in [1.165, 1.54) is 5.56 Å². The summed E-state index contributed by atoms with van der Waals surface area (Å²) in [4.78, 5) is 2.48. The summed E-state index contributed by atoms with van der Waals surface area (Å²) in [5, 5.41) is 14.6. The van der Waals surface area contributed by atoms with Gasteiger partial charge in [-0.1, -0.05) is 0 Å². The van der Waals surface area contributed by atoms with Gasteiger partial charge in [-0.3, -0.25) is 9.58 Å². The molecule has 1 aliphatic carbocycles. The monoisotopic (exact) mass is 293 g/mol. The van der Waals surface area contributed by atoms with Gasteiger partial charge in [-0.25, -0.2) is 0 Å². The number of hydrogen-bond donors (Lipinski definition) is 1. The van der Waals surface area contributed by atoms with E-state index in [1.54, 1.807) is 0 Å². The summed E-state index contributed by atoms with van der Waals surface area (Å²) in [6.45, 7) is 7.90. The summed E-state index contributed by atoms with van der Waals surface area (Å²) in [6.07, 6.45) is 5.10. The maximum Gasteiger partial charge on any atom is 0.0681 e. The molecule has 118 valence electrons. The zero-order chi connectivity index (χ0) is 15.0. The number of rotatable bonds is 4. The predicted octanol–water partition coefficient (Wildman–Crippen LogP) is 1.48. The quantitative estimate of drug-likeness (QED) is 0.913. The molecule has 1 saturated heterocycles. The smallest absolute Gasteiger partial charge is 0.0681 e. The molecule has 0 aromatic carbocycles. The number of aromatic nitrogens is 2. The number of aliphatic hydroxyl groups is 1. The Bertz CT molecular complexity index is 490. The van der Waals surface area contributed by atoms with Crippen molar-refractivity contribution in [2.75, 3.05) is 19.7 Å². The minimum Gasteiger partial charge on any atom is -0.392 e. The maximum absolute atomic E-state index is 10.2. The lowest BCUT2D eigenvalue weighted by Crippen LogP contribution is -2.62. The summed E-state index contributed by atoms with van der Waals surface area (Å²) in [5.41, 5.74) is 2.45. The first-order valence-corrected chi connectivity index (χ1v) is 8.06. The van der Waals surface area contributed by atoms with Crippen LogP contribution in [0.15, 0.2) is 6.20 Å². The zero-order valence-corrected chi connectivity index (χ0v) is 13.4. The standard InChI is InChI=1S/C16H27N3O2/c1-4-21-15-9-14(20)16(15)5-7-19(8-6-16)11-13-10-18(3)17-12(13)2/h10,14-15,20H,4-9,11H2,1-3H3. The van der Waals surface area contributed by atoms with Crippen molar-refractivity contribution in [3.63, 3.8) is 0 Å². The second kappa shape index (κ2) is 5.71. The molecule has 1 saturated carbocycles. The lowest BCUT2D eigenvalue weighted by atomic mass is 9.58. The zero-order valence-electron chi connectivity index (χ0n) is 13.4. The summed E-state index contributed by atoms with van der Waals surface area (Å²) in [5.74, 6) is 0. The van der Waals surface area contributed by atoms with Crippen LogP contribution in [0.2, 0.25) is 0 Å². The van der Waals surface area contributed by atoms with E-state index < -0.39 is 0 Å². The topological polar surface area (TPSA) is 50.5 Å². The molecule has 1 aromatic heterocycles. The molecule has 2 unspecified atom stereocenters. The molecule has 0 bridgehead atoms. The second-order valence-corrected chi connectivity index (χ2v) is 6.62. The van der Waals surface area contributed by atoms with Crippen molar-refractivity contribution in [1.29, 1.82) is 0 Å². The molecule has 2 fully saturated rings. The van der Waals surface area contributed by atoms with Crippen LogP contribution >= 0.6 is 0 Å². The molecule has 1 aliphatic heterocycles. The van der Waals surface area contributed by atoms with Crippen LogP contribution in [0.5, 0.6) is 0 Å². The van der Waals surface area contributed by atoms with Gasteiger partial charge in [0.25, 0.3) is 0 Å². The molecule has 1 spiro atoms. The Kier molecular flexibility index (Phi) is 4.08. The Morgan fingerprint density at radius 2 is 2.14 bits per heavy atom. The van der Waals surface area contributed by atoms with Crippen molar-refractivity contribution in [3.8, 4) is 0 Å². The lowest BCUT2D eigenvalue weighted by molar-refractivity contribution is -0.209. The molecule has 5 nitrogen and oxygen atoms in total. The maximum atomic E-state index is 10.2. The SMILES string of the molecule is CCOC1CC(O)C12CCN(Cc1cn(C)nc1C)CC2. The number of aliphatic hydroxyl groups excluding tert-OH is 1. The van der Waals surface area contributed by atoms with Crippen LogP contribution in [-0.4, -0.2) is 51.7 Å². The van der Waals surface area contributed by atoms with E-state index >= 15 is 0 Å². The third-order valence-electron chi connectivity index (χ3n) is 5.41. The minimum atomic E-state index is -0.170. The Morgan fingerprint density at radius 1 is 1.43 bits per heavy atom. The van der Waals surface area contributed by atoms with E-state index in [2.05, 4.69) is 23.1 Å². The highest BCUT2D eigenvalue weighted by Gasteiger charge is 2.55. The van der Waals surface area contributed by atoms with Crippen molar-refractivity contribution in [2.45, 2.75) is 51.9 Å². The van der Waals surface area contributed by atoms with E-state index in [0.29, 0.717) is 0 Å². The number of likely N-dealkylation sites (tertiary alicyclic amines) is 1. The molecule has 1 aromatic rings. The molecule has 1 N–H and O–H groups in total. The van der Waals surface area contributed by atoms with Crippen molar-refractivity contribution in [3.05, 3.63) is 17.5 Å². The predicted molar refractivity (Wildman–Crippen MR) is 80.9 cm³/mol. The summed E-state index contributed by atoms with van der Waals surface area (Å²) in [7, 11) is 1.97. The number of ether oxygens (including phenoxy) is 1. The molecule has 0 amide bonds. The van der Waals surface area contributed by atoms with E-state index in [4.69, 9.17) is 4.74 Å². The van der Waals surface area contributed by atoms with Crippen LogP contribution in [0.3, 0.4) is 0 Å². The van der Waals surface area contributed by atoms with Crippen LogP contribution in [0, 0.1) is 12.3 Å². The molecule has 2 aliphatic rings. The van der Waals surface area contributed by atoms with Gasteiger partial charge >= 0.3 is 0 Å². The van der Waals surface area contributed by atoms with Crippen molar-refractivity contribution in [2.24, 2.45) is 12.5 Å². The highest BCUT2D eigenvalue weighted by molar-refractivity contribution is 5.15. The van der Waals surface area contributed by atoms with Gasteiger partial charge in [0.05, 0.1) is 17.9 Å². The highest BCUT2D eigenvalue weighted by atomic mass is 16.5. The van der Waals surface area contributed by atoms with Gasteiger partial charge in [0.1, 0.15) is 0 Å². The fourth-order valence-electron chi connectivity index (χ4n) is 3.99. The minimum absolute atomic E-state index is 0.0243. The van der Waals surface area contributed by atoms with Crippen LogP contribution in [0.1, 0.15) is 37.4 Å². The molecular formula is C16H27N3O2. The Morgan fingerprint density at radius 3 is 2.67 bits per heavy atom. The Labute approximate surface area is 126 Å². The van der Waals surface area contributed by atoms with Gasteiger partial charge in [-0.15, -0.1) is 0 Å². The Hall–Kier alpha value is -0.910. The van der Waals surface area contributed by atoms with Crippen LogP contribution in [0.25, 0.3) is 0 Å². The second-order valence-electron chi connectivity index (χ2n) is 6.62. The van der Waals surface area contributed by atoms with Gasteiger partial charge in [0, 0.05) is 43.8 Å². The summed E-state index contributed by atoms with van der Waals surface area (Å²) < 4.78 is 7.71. The summed E-state index contributed by atoms with van der Waals surface area (Å²) in [6, 6.07) is 0. The van der Waals surface area contributed by atoms with E-state index in [0.717, 1.165) is 51.2 Å². The van der Waals surface area contributed by atoms with Crippen molar-refractivity contribution < 1.29 is 9.84 Å². The van der Waals surface area contributed by atoms with Crippen LogP contribution in [-0.2, 0) is 18.3 Å². The molecule has 5 heteroatoms. The molecule has 3 rings (SSSR count). The first-order valence-electron chi connectivity index (χ1n) is 8.06. The molecule has 21 heavy (non-hydrogen) atoms. The Balaban J connectivity index is 1.59. The third kappa shape index (κ3) is 2.62. The number of piperidine rings is 1. The van der Waals surface area contributed by atoms with Crippen LogP contribution in [0.4, 0.5) is 0 Å². The molecule has 2 atom stereocenters. The van der Waals surface area contributed by atoms with Crippen molar-refractivity contribution >= 4 is 0 Å². The van der Waals surface area contributed by atoms with E-state index in [1.807, 2.05) is 18.7 Å². The lowest BCUT2D eigenvalue weighted by Gasteiger charge is -2.56. The molecule has 2 heterocycles.